The Hall–Kier alpha value is -3.17. The minimum absolute atomic E-state index is 0.149. The van der Waals surface area contributed by atoms with Gasteiger partial charge in [-0.25, -0.2) is 4.98 Å². The number of carbonyl (C=O) groups excluding carboxylic acids is 1. The van der Waals surface area contributed by atoms with E-state index in [0.29, 0.717) is 5.75 Å². The zero-order chi connectivity index (χ0) is 21.7. The van der Waals surface area contributed by atoms with Crippen molar-refractivity contribution < 1.29 is 22.7 Å². The Morgan fingerprint density at radius 2 is 1.77 bits per heavy atom. The van der Waals surface area contributed by atoms with Gasteiger partial charge in [0.05, 0.1) is 11.8 Å². The molecule has 0 saturated heterocycles. The number of nitrogens with zero attached hydrogens (tertiary/aromatic N) is 3. The van der Waals surface area contributed by atoms with Gasteiger partial charge in [0.2, 0.25) is 5.78 Å². The van der Waals surface area contributed by atoms with E-state index in [9.17, 15) is 18.0 Å². The lowest BCUT2D eigenvalue weighted by Crippen LogP contribution is -2.07. The standard InChI is InChI=1S/C19H11Cl2F3N4O2/c20-14-8-25-9-15(21)18(14)30-13-3-1-11(2-4-13)16(29)10-27-28-17-7-12(5-6-26-17)19(22,23)24/h1-10H,(H,26,28). The molecule has 2 heterocycles. The molecule has 6 nitrogen and oxygen atoms in total. The first-order valence-corrected chi connectivity index (χ1v) is 8.93. The van der Waals surface area contributed by atoms with E-state index in [4.69, 9.17) is 27.9 Å². The number of benzene rings is 1. The Morgan fingerprint density at radius 3 is 2.40 bits per heavy atom. The number of ether oxygens (including phenoxy) is 1. The van der Waals surface area contributed by atoms with Crippen LogP contribution < -0.4 is 10.2 Å². The maximum absolute atomic E-state index is 12.7. The molecule has 3 aromatic rings. The molecule has 0 spiro atoms. The van der Waals surface area contributed by atoms with Crippen LogP contribution in [0.15, 0.2) is 60.1 Å². The minimum Gasteiger partial charge on any atom is -0.454 e. The Bertz CT molecular complexity index is 1070. The van der Waals surface area contributed by atoms with Gasteiger partial charge in [0.25, 0.3) is 0 Å². The molecule has 0 radical (unpaired) electrons. The first-order chi connectivity index (χ1) is 14.2. The molecule has 154 valence electrons. The average Bonchev–Trinajstić information content (AvgIpc) is 2.71. The molecule has 30 heavy (non-hydrogen) atoms. The predicted molar refractivity (Wildman–Crippen MR) is 106 cm³/mol. The topological polar surface area (TPSA) is 76.5 Å². The van der Waals surface area contributed by atoms with Crippen molar-refractivity contribution in [3.63, 3.8) is 0 Å². The van der Waals surface area contributed by atoms with E-state index in [1.165, 1.54) is 36.7 Å². The van der Waals surface area contributed by atoms with Crippen molar-refractivity contribution in [2.24, 2.45) is 5.10 Å². The van der Waals surface area contributed by atoms with Crippen molar-refractivity contribution in [1.29, 1.82) is 0 Å². The molecule has 0 aliphatic rings. The summed E-state index contributed by atoms with van der Waals surface area (Å²) in [5.74, 6) is -0.0266. The summed E-state index contributed by atoms with van der Waals surface area (Å²) in [5.41, 5.74) is 1.68. The zero-order valence-corrected chi connectivity index (χ0v) is 16.3. The van der Waals surface area contributed by atoms with E-state index in [1.54, 1.807) is 0 Å². The van der Waals surface area contributed by atoms with Crippen LogP contribution in [0.1, 0.15) is 15.9 Å². The molecule has 3 rings (SSSR count). The number of rotatable bonds is 6. The molecule has 0 atom stereocenters. The molecular formula is C19H11Cl2F3N4O2. The van der Waals surface area contributed by atoms with E-state index >= 15 is 0 Å². The third-order valence-electron chi connectivity index (χ3n) is 3.62. The molecule has 0 amide bonds. The number of hydrogen-bond acceptors (Lipinski definition) is 6. The predicted octanol–water partition coefficient (Wildman–Crippen LogP) is 5.88. The fraction of sp³-hybridized carbons (Fsp3) is 0.0526. The molecule has 0 aliphatic carbocycles. The summed E-state index contributed by atoms with van der Waals surface area (Å²) in [4.78, 5) is 19.7. The smallest absolute Gasteiger partial charge is 0.416 e. The molecule has 1 N–H and O–H groups in total. The number of halogens is 5. The van der Waals surface area contributed by atoms with Gasteiger partial charge in [-0.2, -0.15) is 18.3 Å². The Kier molecular flexibility index (Phi) is 6.53. The van der Waals surface area contributed by atoms with Crippen molar-refractivity contribution in [2.75, 3.05) is 5.43 Å². The van der Waals surface area contributed by atoms with Crippen molar-refractivity contribution in [1.82, 2.24) is 9.97 Å². The highest BCUT2D eigenvalue weighted by Gasteiger charge is 2.30. The Balaban J connectivity index is 1.64. The fourth-order valence-electron chi connectivity index (χ4n) is 2.20. The molecule has 2 aromatic heterocycles. The van der Waals surface area contributed by atoms with Crippen LogP contribution in [0.3, 0.4) is 0 Å². The largest absolute Gasteiger partial charge is 0.454 e. The van der Waals surface area contributed by atoms with E-state index < -0.39 is 17.5 Å². The summed E-state index contributed by atoms with van der Waals surface area (Å²) in [6, 6.07) is 7.62. The van der Waals surface area contributed by atoms with Gasteiger partial charge in [-0.05, 0) is 36.4 Å². The number of nitrogens with one attached hydrogen (secondary N) is 1. The number of hydrazone groups is 1. The van der Waals surface area contributed by atoms with Gasteiger partial charge in [-0.3, -0.25) is 15.2 Å². The highest BCUT2D eigenvalue weighted by molar-refractivity contribution is 6.37. The molecular weight excluding hydrogens is 444 g/mol. The zero-order valence-electron chi connectivity index (χ0n) is 14.8. The lowest BCUT2D eigenvalue weighted by Gasteiger charge is -2.09. The maximum Gasteiger partial charge on any atom is 0.416 e. The highest BCUT2D eigenvalue weighted by atomic mass is 35.5. The van der Waals surface area contributed by atoms with Crippen LogP contribution in [0.5, 0.6) is 11.5 Å². The summed E-state index contributed by atoms with van der Waals surface area (Å²) in [5, 5.41) is 4.08. The van der Waals surface area contributed by atoms with E-state index in [0.717, 1.165) is 24.5 Å². The van der Waals surface area contributed by atoms with Gasteiger partial charge in [0.1, 0.15) is 21.6 Å². The number of aromatic nitrogens is 2. The summed E-state index contributed by atoms with van der Waals surface area (Å²) < 4.78 is 43.6. The van der Waals surface area contributed by atoms with Crippen molar-refractivity contribution in [3.05, 3.63) is 76.2 Å². The molecule has 0 saturated carbocycles. The highest BCUT2D eigenvalue weighted by Crippen LogP contribution is 2.35. The van der Waals surface area contributed by atoms with Crippen LogP contribution in [-0.2, 0) is 6.18 Å². The van der Waals surface area contributed by atoms with Crippen LogP contribution in [-0.4, -0.2) is 22.0 Å². The lowest BCUT2D eigenvalue weighted by atomic mass is 10.1. The van der Waals surface area contributed by atoms with E-state index in [2.05, 4.69) is 20.5 Å². The Labute approximate surface area is 178 Å². The molecule has 0 bridgehead atoms. The third kappa shape index (κ3) is 5.46. The van der Waals surface area contributed by atoms with Gasteiger partial charge >= 0.3 is 6.18 Å². The second kappa shape index (κ2) is 9.10. The van der Waals surface area contributed by atoms with Crippen molar-refractivity contribution >= 4 is 41.0 Å². The van der Waals surface area contributed by atoms with Gasteiger partial charge in [0.15, 0.2) is 5.75 Å². The second-order valence-electron chi connectivity index (χ2n) is 5.72. The first-order valence-electron chi connectivity index (χ1n) is 8.17. The van der Waals surface area contributed by atoms with Gasteiger partial charge in [-0.15, -0.1) is 0 Å². The van der Waals surface area contributed by atoms with Crippen LogP contribution >= 0.6 is 23.2 Å². The second-order valence-corrected chi connectivity index (χ2v) is 6.53. The van der Waals surface area contributed by atoms with Crippen LogP contribution in [0.25, 0.3) is 0 Å². The maximum atomic E-state index is 12.7. The molecule has 11 heteroatoms. The van der Waals surface area contributed by atoms with E-state index in [1.807, 2.05) is 0 Å². The number of Topliss-reactive ketones (excluding diaryl/α,β-unsaturated/α-hetero) is 1. The third-order valence-corrected chi connectivity index (χ3v) is 4.15. The van der Waals surface area contributed by atoms with Gasteiger partial charge < -0.3 is 4.74 Å². The summed E-state index contributed by atoms with van der Waals surface area (Å²) in [7, 11) is 0. The van der Waals surface area contributed by atoms with Gasteiger partial charge in [-0.1, -0.05) is 23.2 Å². The number of hydrogen-bond donors (Lipinski definition) is 1. The quantitative estimate of drug-likeness (QED) is 0.286. The number of anilines is 1. The van der Waals surface area contributed by atoms with Crippen LogP contribution in [0.4, 0.5) is 19.0 Å². The normalized spacial score (nSPS) is 11.5. The molecule has 0 aliphatic heterocycles. The number of alkyl halides is 3. The molecule has 1 aromatic carbocycles. The number of pyridine rings is 2. The average molecular weight is 455 g/mol. The first kappa shape index (κ1) is 21.5. The van der Waals surface area contributed by atoms with E-state index in [-0.39, 0.29) is 27.2 Å². The van der Waals surface area contributed by atoms with Crippen molar-refractivity contribution in [2.45, 2.75) is 6.18 Å². The minimum atomic E-state index is -4.51. The Morgan fingerprint density at radius 1 is 1.10 bits per heavy atom. The summed E-state index contributed by atoms with van der Waals surface area (Å²) in [6.45, 7) is 0. The van der Waals surface area contributed by atoms with Crippen LogP contribution in [0.2, 0.25) is 10.0 Å². The van der Waals surface area contributed by atoms with Gasteiger partial charge in [0, 0.05) is 24.2 Å². The SMILES string of the molecule is O=C(C=NNc1cc(C(F)(F)F)ccn1)c1ccc(Oc2c(Cl)cncc2Cl)cc1. The summed E-state index contributed by atoms with van der Waals surface area (Å²) in [6.07, 6.45) is 0.164. The van der Waals surface area contributed by atoms with Crippen molar-refractivity contribution in [3.8, 4) is 11.5 Å². The number of ketones is 1. The summed E-state index contributed by atoms with van der Waals surface area (Å²) >= 11 is 12.0. The molecule has 0 unspecified atom stereocenters. The van der Waals surface area contributed by atoms with Crippen LogP contribution in [0, 0.1) is 0 Å². The lowest BCUT2D eigenvalue weighted by molar-refractivity contribution is -0.137. The monoisotopic (exact) mass is 454 g/mol. The fourth-order valence-corrected chi connectivity index (χ4v) is 2.64. The molecule has 0 fully saturated rings. The number of carbonyl (C=O) groups is 1.